The second kappa shape index (κ2) is 30.8. The van der Waals surface area contributed by atoms with E-state index in [1.165, 1.54) is 89.9 Å². The van der Waals surface area contributed by atoms with Crippen molar-refractivity contribution in [3.05, 3.63) is 199 Å². The van der Waals surface area contributed by atoms with Crippen LogP contribution >= 0.6 is 47.8 Å². The third-order valence-electron chi connectivity index (χ3n) is 12.3. The summed E-state index contributed by atoms with van der Waals surface area (Å²) in [5.41, 5.74) is 11.3. The van der Waals surface area contributed by atoms with Crippen LogP contribution in [0.15, 0.2) is 148 Å². The number of rotatable bonds is 29. The molecule has 0 fully saturated rings. The van der Waals surface area contributed by atoms with Crippen LogP contribution in [0.1, 0.15) is 167 Å². The van der Waals surface area contributed by atoms with Crippen molar-refractivity contribution < 1.29 is 9.47 Å². The van der Waals surface area contributed by atoms with Crippen LogP contribution in [0.5, 0.6) is 11.5 Å². The van der Waals surface area contributed by atoms with Gasteiger partial charge in [-0.25, -0.2) is 0 Å². The Bertz CT molecular complexity index is 2410. The van der Waals surface area contributed by atoms with Crippen LogP contribution in [0.4, 0.5) is 0 Å². The highest BCUT2D eigenvalue weighted by molar-refractivity contribution is 9.15. The molecule has 69 heavy (non-hydrogen) atoms. The molecule has 0 aliphatic carbocycles. The largest absolute Gasteiger partial charge is 0.494 e. The number of halogens is 3. The summed E-state index contributed by atoms with van der Waals surface area (Å²) in [4.78, 5) is 0. The van der Waals surface area contributed by atoms with Crippen LogP contribution < -0.4 is 9.47 Å². The van der Waals surface area contributed by atoms with Crippen molar-refractivity contribution in [3.63, 3.8) is 0 Å². The van der Waals surface area contributed by atoms with Gasteiger partial charge >= 0.3 is 0 Å². The van der Waals surface area contributed by atoms with Crippen LogP contribution in [-0.2, 0) is 0 Å². The molecule has 360 valence electrons. The van der Waals surface area contributed by atoms with E-state index in [-0.39, 0.29) is 0 Å². The molecule has 0 aromatic heterocycles. The summed E-state index contributed by atoms with van der Waals surface area (Å²) in [5.74, 6) is 1.85. The van der Waals surface area contributed by atoms with Gasteiger partial charge < -0.3 is 9.47 Å². The molecule has 0 heterocycles. The first-order valence-electron chi connectivity index (χ1n) is 25.5. The summed E-state index contributed by atoms with van der Waals surface area (Å²) in [6, 6.07) is 49.4. The summed E-state index contributed by atoms with van der Waals surface area (Å²) >= 11 is 11.2. The molecular weight excluding hydrogens is 1040 g/mol. The maximum Gasteiger partial charge on any atom is 0.119 e. The molecule has 0 N–H and O–H groups in total. The maximum atomic E-state index is 6.20. The van der Waals surface area contributed by atoms with Gasteiger partial charge in [0.1, 0.15) is 11.5 Å². The van der Waals surface area contributed by atoms with Crippen molar-refractivity contribution in [1.82, 2.24) is 0 Å². The second-order valence-corrected chi connectivity index (χ2v) is 20.7. The van der Waals surface area contributed by atoms with E-state index in [0.717, 1.165) is 107 Å². The SMILES string of the molecule is CCCCCCCCCCOc1cccc(/C=C/c2cc(/C=C/c3ccc(C(Br)=C(c4ccc(Br)cc4)c4ccc(Br)cc4)cc3)cc(/C=C/c3cccc(OCCCCCCCCCC)c3)c2)c1. The van der Waals surface area contributed by atoms with Crippen molar-refractivity contribution >= 4 is 94.3 Å². The molecule has 2 nitrogen and oxygen atoms in total. The van der Waals surface area contributed by atoms with Gasteiger partial charge in [-0.1, -0.05) is 245 Å². The van der Waals surface area contributed by atoms with Gasteiger partial charge in [0.25, 0.3) is 0 Å². The highest BCUT2D eigenvalue weighted by Crippen LogP contribution is 2.37. The number of ether oxygens (including phenoxy) is 2. The van der Waals surface area contributed by atoms with Gasteiger partial charge in [-0.2, -0.15) is 0 Å². The van der Waals surface area contributed by atoms with E-state index in [1.54, 1.807) is 0 Å². The Balaban J connectivity index is 1.17. The van der Waals surface area contributed by atoms with Crippen molar-refractivity contribution in [2.75, 3.05) is 13.2 Å². The van der Waals surface area contributed by atoms with E-state index in [4.69, 9.17) is 9.47 Å². The topological polar surface area (TPSA) is 18.5 Å². The Morgan fingerprint density at radius 3 is 1.12 bits per heavy atom. The Morgan fingerprint density at radius 2 is 0.710 bits per heavy atom. The zero-order valence-electron chi connectivity index (χ0n) is 40.9. The second-order valence-electron chi connectivity index (χ2n) is 18.0. The van der Waals surface area contributed by atoms with Crippen LogP contribution in [-0.4, -0.2) is 13.2 Å². The fourth-order valence-corrected chi connectivity index (χ4v) is 9.63. The van der Waals surface area contributed by atoms with Crippen LogP contribution in [0.3, 0.4) is 0 Å². The van der Waals surface area contributed by atoms with E-state index in [2.05, 4.69) is 238 Å². The average molecular weight is 1110 g/mol. The van der Waals surface area contributed by atoms with Crippen molar-refractivity contribution in [2.45, 2.75) is 117 Å². The molecule has 6 rings (SSSR count). The minimum Gasteiger partial charge on any atom is -0.494 e. The van der Waals surface area contributed by atoms with E-state index in [1.807, 2.05) is 0 Å². The lowest BCUT2D eigenvalue weighted by molar-refractivity contribution is 0.304. The first-order chi connectivity index (χ1) is 33.9. The fraction of sp³-hybridized carbons (Fsp3) is 0.312. The predicted molar refractivity (Wildman–Crippen MR) is 312 cm³/mol. The zero-order valence-corrected chi connectivity index (χ0v) is 45.7. The molecule has 0 amide bonds. The molecule has 6 aromatic rings. The Hall–Kier alpha value is -4.68. The number of hydrogen-bond acceptors (Lipinski definition) is 2. The third kappa shape index (κ3) is 19.6. The molecule has 5 heteroatoms. The number of hydrogen-bond donors (Lipinski definition) is 0. The molecule has 0 saturated carbocycles. The lowest BCUT2D eigenvalue weighted by Crippen LogP contribution is -1.97. The minimum absolute atomic E-state index is 0.760. The van der Waals surface area contributed by atoms with Crippen LogP contribution in [0.2, 0.25) is 0 Å². The number of unbranched alkanes of at least 4 members (excludes halogenated alkanes) is 14. The maximum absolute atomic E-state index is 6.20. The molecule has 0 bridgehead atoms. The summed E-state index contributed by atoms with van der Waals surface area (Å²) in [6.07, 6.45) is 33.9. The summed E-state index contributed by atoms with van der Waals surface area (Å²) in [5, 5.41) is 0. The molecule has 6 aromatic carbocycles. The zero-order chi connectivity index (χ0) is 48.3. The van der Waals surface area contributed by atoms with Gasteiger partial charge in [0, 0.05) is 19.0 Å². The smallest absolute Gasteiger partial charge is 0.119 e. The van der Waals surface area contributed by atoms with Crippen LogP contribution in [0, 0.1) is 0 Å². The standard InChI is InChI=1S/C64H71Br3O2/c1-3-5-7-9-11-13-15-17-43-68-61-23-19-21-51(48-61)26-29-54-45-53(46-55(47-54)30-27-52-22-20-24-62(49-52)69-44-18-16-14-12-10-8-6-4-2)28-25-50-31-33-58(34-32-50)64(67)63(56-35-39-59(65)40-36-56)57-37-41-60(66)42-38-57/h19-42,45-49H,3-18,43-44H2,1-2H3/b28-25+,29-26+,30-27+. The molecule has 0 atom stereocenters. The summed E-state index contributed by atoms with van der Waals surface area (Å²) < 4.78 is 15.6. The van der Waals surface area contributed by atoms with Crippen molar-refractivity contribution in [3.8, 4) is 11.5 Å². The van der Waals surface area contributed by atoms with Gasteiger partial charge in [-0.3, -0.25) is 0 Å². The predicted octanol–water partition coefficient (Wildman–Crippen LogP) is 21.1. The highest BCUT2D eigenvalue weighted by atomic mass is 79.9. The van der Waals surface area contributed by atoms with E-state index < -0.39 is 0 Å². The van der Waals surface area contributed by atoms with Gasteiger partial charge in [-0.05, 0) is 146 Å². The van der Waals surface area contributed by atoms with E-state index in [9.17, 15) is 0 Å². The van der Waals surface area contributed by atoms with E-state index >= 15 is 0 Å². The normalized spacial score (nSPS) is 11.6. The first kappa shape index (κ1) is 53.7. The monoisotopic (exact) mass is 1110 g/mol. The highest BCUT2D eigenvalue weighted by Gasteiger charge is 2.13. The lowest BCUT2D eigenvalue weighted by atomic mass is 9.95. The quantitative estimate of drug-likeness (QED) is 0.0344. The molecule has 0 radical (unpaired) electrons. The van der Waals surface area contributed by atoms with Gasteiger partial charge in [0.05, 0.1) is 13.2 Å². The van der Waals surface area contributed by atoms with Crippen molar-refractivity contribution in [1.29, 1.82) is 0 Å². The molecule has 0 aliphatic heterocycles. The van der Waals surface area contributed by atoms with Crippen molar-refractivity contribution in [2.24, 2.45) is 0 Å². The lowest BCUT2D eigenvalue weighted by Gasteiger charge is -2.13. The fourth-order valence-electron chi connectivity index (χ4n) is 8.37. The minimum atomic E-state index is 0.760. The van der Waals surface area contributed by atoms with Gasteiger partial charge in [0.15, 0.2) is 0 Å². The average Bonchev–Trinajstić information content (AvgIpc) is 3.37. The molecular formula is C64H71Br3O2. The Kier molecular flexibility index (Phi) is 24.0. The first-order valence-corrected chi connectivity index (χ1v) is 27.9. The summed E-state index contributed by atoms with van der Waals surface area (Å²) in [6.45, 7) is 6.07. The Morgan fingerprint density at radius 1 is 0.362 bits per heavy atom. The van der Waals surface area contributed by atoms with E-state index in [0.29, 0.717) is 0 Å². The number of benzene rings is 6. The molecule has 0 spiro atoms. The molecule has 0 saturated heterocycles. The van der Waals surface area contributed by atoms with Gasteiger partial charge in [0.2, 0.25) is 0 Å². The van der Waals surface area contributed by atoms with Gasteiger partial charge in [-0.15, -0.1) is 0 Å². The Labute approximate surface area is 440 Å². The summed E-state index contributed by atoms with van der Waals surface area (Å²) in [7, 11) is 0. The molecule has 0 unspecified atom stereocenters. The van der Waals surface area contributed by atoms with Crippen LogP contribution in [0.25, 0.3) is 46.5 Å². The molecule has 0 aliphatic rings. The third-order valence-corrected chi connectivity index (χ3v) is 14.2.